The molecular weight excluding hydrogens is 296 g/mol. The monoisotopic (exact) mass is 318 g/mol. The van der Waals surface area contributed by atoms with Gasteiger partial charge in [-0.15, -0.1) is 0 Å². The summed E-state index contributed by atoms with van der Waals surface area (Å²) in [7, 11) is 0. The van der Waals surface area contributed by atoms with E-state index in [2.05, 4.69) is 12.2 Å². The van der Waals surface area contributed by atoms with Crippen LogP contribution in [0.5, 0.6) is 0 Å². The van der Waals surface area contributed by atoms with Gasteiger partial charge < -0.3 is 4.74 Å². The van der Waals surface area contributed by atoms with E-state index in [-0.39, 0.29) is 5.97 Å². The highest BCUT2D eigenvalue weighted by atomic mass is 16.5. The van der Waals surface area contributed by atoms with Crippen LogP contribution in [0.25, 0.3) is 11.1 Å². The lowest BCUT2D eigenvalue weighted by Crippen LogP contribution is -2.13. The van der Waals surface area contributed by atoms with Crippen LogP contribution in [-0.2, 0) is 4.74 Å². The first-order valence-corrected chi connectivity index (χ1v) is 8.80. The van der Waals surface area contributed by atoms with Gasteiger partial charge in [0.05, 0.1) is 12.2 Å². The lowest BCUT2D eigenvalue weighted by Gasteiger charge is -2.17. The second-order valence-corrected chi connectivity index (χ2v) is 6.91. The molecule has 0 spiro atoms. The molecule has 2 aromatic rings. The van der Waals surface area contributed by atoms with E-state index in [1.165, 1.54) is 12.8 Å². The number of hydrogen-bond donors (Lipinski definition) is 0. The third-order valence-corrected chi connectivity index (χ3v) is 5.34. The molecule has 1 fully saturated rings. The number of ether oxygens (including phenoxy) is 1. The molecular formula is C22H22O2. The molecule has 2 nitrogen and oxygen atoms in total. The highest BCUT2D eigenvalue weighted by molar-refractivity contribution is 5.91. The highest BCUT2D eigenvalue weighted by Gasteiger charge is 2.35. The van der Waals surface area contributed by atoms with Crippen LogP contribution < -0.4 is 0 Å². The van der Waals surface area contributed by atoms with Crippen LogP contribution in [0.3, 0.4) is 0 Å². The van der Waals surface area contributed by atoms with Crippen molar-refractivity contribution < 1.29 is 9.53 Å². The molecule has 2 bridgehead atoms. The Labute approximate surface area is 143 Å². The Kier molecular flexibility index (Phi) is 4.20. The van der Waals surface area contributed by atoms with E-state index in [0.717, 1.165) is 29.4 Å². The summed E-state index contributed by atoms with van der Waals surface area (Å²) >= 11 is 0. The molecule has 2 aliphatic carbocycles. The maximum Gasteiger partial charge on any atom is 0.338 e. The number of rotatable bonds is 5. The first-order valence-electron chi connectivity index (χ1n) is 8.80. The predicted molar refractivity (Wildman–Crippen MR) is 95.6 cm³/mol. The third kappa shape index (κ3) is 3.14. The minimum absolute atomic E-state index is 0.216. The first kappa shape index (κ1) is 15.2. The Bertz CT molecular complexity index is 748. The molecule has 3 atom stereocenters. The number of benzene rings is 2. The van der Waals surface area contributed by atoms with Gasteiger partial charge in [0.1, 0.15) is 0 Å². The van der Waals surface area contributed by atoms with Gasteiger partial charge in [-0.05, 0) is 60.3 Å². The van der Waals surface area contributed by atoms with E-state index < -0.39 is 0 Å². The summed E-state index contributed by atoms with van der Waals surface area (Å²) in [6.07, 6.45) is 8.25. The van der Waals surface area contributed by atoms with E-state index in [1.807, 2.05) is 54.6 Å². The minimum Gasteiger partial charge on any atom is -0.462 e. The van der Waals surface area contributed by atoms with Crippen molar-refractivity contribution in [3.8, 4) is 11.1 Å². The number of fused-ring (bicyclic) bond motifs is 2. The summed E-state index contributed by atoms with van der Waals surface area (Å²) in [5, 5.41) is 0. The summed E-state index contributed by atoms with van der Waals surface area (Å²) in [5.41, 5.74) is 2.79. The van der Waals surface area contributed by atoms with E-state index in [1.54, 1.807) is 0 Å². The van der Waals surface area contributed by atoms with Gasteiger partial charge >= 0.3 is 5.97 Å². The molecule has 0 radical (unpaired) electrons. The summed E-state index contributed by atoms with van der Waals surface area (Å²) in [5.74, 6) is 1.98. The largest absolute Gasteiger partial charge is 0.462 e. The van der Waals surface area contributed by atoms with Gasteiger partial charge in [0.2, 0.25) is 0 Å². The Morgan fingerprint density at radius 1 is 0.958 bits per heavy atom. The number of esters is 1. The fourth-order valence-corrected chi connectivity index (χ4v) is 4.07. The van der Waals surface area contributed by atoms with Crippen molar-refractivity contribution in [2.75, 3.05) is 6.61 Å². The van der Waals surface area contributed by atoms with Gasteiger partial charge in [0, 0.05) is 0 Å². The van der Waals surface area contributed by atoms with Crippen LogP contribution in [0.15, 0.2) is 66.7 Å². The molecule has 0 N–H and O–H groups in total. The normalized spacial score (nSPS) is 24.2. The maximum absolute atomic E-state index is 12.3. The first-order chi connectivity index (χ1) is 11.8. The van der Waals surface area contributed by atoms with Crippen molar-refractivity contribution in [3.63, 3.8) is 0 Å². The van der Waals surface area contributed by atoms with E-state index in [4.69, 9.17) is 4.74 Å². The average molecular weight is 318 g/mol. The smallest absolute Gasteiger partial charge is 0.338 e. The predicted octanol–water partition coefficient (Wildman–Crippen LogP) is 5.11. The standard InChI is InChI=1S/C22H22O2/c23-22(24-12-11-20-14-16-9-10-19(20)13-16)21-8-4-7-18(15-21)17-5-2-1-3-6-17/h1-10,15-16,19-20H,11-14H2. The molecule has 0 amide bonds. The molecule has 122 valence electrons. The van der Waals surface area contributed by atoms with Gasteiger partial charge in [-0.2, -0.15) is 0 Å². The van der Waals surface area contributed by atoms with Crippen molar-refractivity contribution in [3.05, 3.63) is 72.3 Å². The zero-order valence-corrected chi connectivity index (χ0v) is 13.7. The molecule has 0 heterocycles. The number of allylic oxidation sites excluding steroid dienone is 2. The van der Waals surface area contributed by atoms with Gasteiger partial charge in [-0.25, -0.2) is 4.79 Å². The van der Waals surface area contributed by atoms with Crippen LogP contribution in [0, 0.1) is 17.8 Å². The fourth-order valence-electron chi connectivity index (χ4n) is 4.07. The molecule has 0 saturated heterocycles. The average Bonchev–Trinajstić information content (AvgIpc) is 3.26. The summed E-state index contributed by atoms with van der Waals surface area (Å²) in [6, 6.07) is 17.8. The molecule has 2 aliphatic rings. The van der Waals surface area contributed by atoms with Crippen LogP contribution in [0.2, 0.25) is 0 Å². The van der Waals surface area contributed by atoms with Crippen LogP contribution >= 0.6 is 0 Å². The van der Waals surface area contributed by atoms with Crippen molar-refractivity contribution in [1.82, 2.24) is 0 Å². The van der Waals surface area contributed by atoms with Crippen molar-refractivity contribution in [2.24, 2.45) is 17.8 Å². The Morgan fingerprint density at radius 3 is 2.54 bits per heavy atom. The quantitative estimate of drug-likeness (QED) is 0.565. The second-order valence-electron chi connectivity index (χ2n) is 6.91. The summed E-state index contributed by atoms with van der Waals surface area (Å²) in [6.45, 7) is 0.524. The number of hydrogen-bond acceptors (Lipinski definition) is 2. The summed E-state index contributed by atoms with van der Waals surface area (Å²) < 4.78 is 5.53. The van der Waals surface area contributed by atoms with Gasteiger partial charge in [-0.3, -0.25) is 0 Å². The maximum atomic E-state index is 12.3. The molecule has 2 aromatic carbocycles. The van der Waals surface area contributed by atoms with E-state index >= 15 is 0 Å². The third-order valence-electron chi connectivity index (χ3n) is 5.34. The molecule has 4 rings (SSSR count). The van der Waals surface area contributed by atoms with Gasteiger partial charge in [0.15, 0.2) is 0 Å². The molecule has 1 saturated carbocycles. The van der Waals surface area contributed by atoms with Gasteiger partial charge in [-0.1, -0.05) is 54.6 Å². The lowest BCUT2D eigenvalue weighted by atomic mass is 9.91. The number of carbonyl (C=O) groups excluding carboxylic acids is 1. The molecule has 3 unspecified atom stereocenters. The molecule has 0 aromatic heterocycles. The Morgan fingerprint density at radius 2 is 1.79 bits per heavy atom. The van der Waals surface area contributed by atoms with Crippen molar-refractivity contribution >= 4 is 5.97 Å². The Balaban J connectivity index is 1.35. The fraction of sp³-hybridized carbons (Fsp3) is 0.318. The zero-order valence-electron chi connectivity index (χ0n) is 13.7. The second kappa shape index (κ2) is 6.64. The van der Waals surface area contributed by atoms with Crippen LogP contribution in [-0.4, -0.2) is 12.6 Å². The minimum atomic E-state index is -0.216. The molecule has 2 heteroatoms. The van der Waals surface area contributed by atoms with Crippen molar-refractivity contribution in [1.29, 1.82) is 0 Å². The Hall–Kier alpha value is -2.35. The van der Waals surface area contributed by atoms with E-state index in [9.17, 15) is 4.79 Å². The SMILES string of the molecule is O=C(OCCC1CC2C=CC1C2)c1cccc(-c2ccccc2)c1. The van der Waals surface area contributed by atoms with Crippen molar-refractivity contribution in [2.45, 2.75) is 19.3 Å². The topological polar surface area (TPSA) is 26.3 Å². The van der Waals surface area contributed by atoms with Crippen LogP contribution in [0.4, 0.5) is 0 Å². The highest BCUT2D eigenvalue weighted by Crippen LogP contribution is 2.44. The lowest BCUT2D eigenvalue weighted by molar-refractivity contribution is 0.0477. The summed E-state index contributed by atoms with van der Waals surface area (Å²) in [4.78, 5) is 12.3. The molecule has 0 aliphatic heterocycles. The molecule has 24 heavy (non-hydrogen) atoms. The number of carbonyl (C=O) groups is 1. The van der Waals surface area contributed by atoms with E-state index in [0.29, 0.717) is 18.1 Å². The van der Waals surface area contributed by atoms with Gasteiger partial charge in [0.25, 0.3) is 0 Å². The van der Waals surface area contributed by atoms with Crippen LogP contribution in [0.1, 0.15) is 29.6 Å². The zero-order chi connectivity index (χ0) is 16.4.